The molecular weight excluding hydrogens is 322 g/mol. The number of carbonyl (C=O) groups is 2. The number of rotatable bonds is 6. The Morgan fingerprint density at radius 3 is 2.60 bits per heavy atom. The Morgan fingerprint density at radius 2 is 2.00 bits per heavy atom. The van der Waals surface area contributed by atoms with Gasteiger partial charge in [-0.1, -0.05) is 13.8 Å². The number of amides is 1. The van der Waals surface area contributed by atoms with Crippen LogP contribution >= 0.6 is 0 Å². The van der Waals surface area contributed by atoms with Gasteiger partial charge in [0.2, 0.25) is 0 Å². The van der Waals surface area contributed by atoms with Gasteiger partial charge >= 0.3 is 5.97 Å². The predicted molar refractivity (Wildman–Crippen MR) is 92.9 cm³/mol. The molecule has 0 saturated carbocycles. The second-order valence-electron chi connectivity index (χ2n) is 5.98. The number of carboxylic acids is 1. The molecule has 0 aliphatic carbocycles. The molecule has 0 unspecified atom stereocenters. The number of benzene rings is 1. The van der Waals surface area contributed by atoms with Gasteiger partial charge in [0.05, 0.1) is 23.4 Å². The van der Waals surface area contributed by atoms with Crippen molar-refractivity contribution in [2.75, 3.05) is 12.4 Å². The molecule has 0 aliphatic heterocycles. The highest BCUT2D eigenvalue weighted by atomic mass is 16.5. The van der Waals surface area contributed by atoms with Gasteiger partial charge < -0.3 is 15.2 Å². The third-order valence-corrected chi connectivity index (χ3v) is 3.54. The third kappa shape index (κ3) is 4.60. The molecule has 7 nitrogen and oxygen atoms in total. The number of nitrogens with zero attached hydrogens (tertiary/aromatic N) is 2. The quantitative estimate of drug-likeness (QED) is 0.836. The van der Waals surface area contributed by atoms with Crippen LogP contribution in [0.5, 0.6) is 0 Å². The van der Waals surface area contributed by atoms with E-state index in [0.29, 0.717) is 28.3 Å². The van der Waals surface area contributed by atoms with Gasteiger partial charge in [0.1, 0.15) is 5.82 Å². The summed E-state index contributed by atoms with van der Waals surface area (Å²) >= 11 is 0. The molecule has 132 valence electrons. The van der Waals surface area contributed by atoms with Crippen LogP contribution in [-0.2, 0) is 11.3 Å². The zero-order valence-corrected chi connectivity index (χ0v) is 14.7. The first-order chi connectivity index (χ1) is 11.8. The van der Waals surface area contributed by atoms with Gasteiger partial charge in [-0.05, 0) is 36.6 Å². The number of aromatic carboxylic acids is 1. The van der Waals surface area contributed by atoms with E-state index in [4.69, 9.17) is 4.74 Å². The van der Waals surface area contributed by atoms with Crippen molar-refractivity contribution in [2.45, 2.75) is 33.3 Å². The maximum absolute atomic E-state index is 12.6. The van der Waals surface area contributed by atoms with Crippen molar-refractivity contribution >= 4 is 17.6 Å². The molecule has 7 heteroatoms. The predicted octanol–water partition coefficient (Wildman–Crippen LogP) is 3.01. The first kappa shape index (κ1) is 18.5. The van der Waals surface area contributed by atoms with Crippen LogP contribution in [0.25, 0.3) is 0 Å². The summed E-state index contributed by atoms with van der Waals surface area (Å²) in [5.74, 6) is -0.808. The molecule has 2 N–H and O–H groups in total. The van der Waals surface area contributed by atoms with E-state index in [2.05, 4.69) is 15.3 Å². The van der Waals surface area contributed by atoms with Gasteiger partial charge in [0.25, 0.3) is 5.91 Å². The maximum atomic E-state index is 12.6. The van der Waals surface area contributed by atoms with Crippen LogP contribution in [0.3, 0.4) is 0 Å². The average Bonchev–Trinajstić information content (AvgIpc) is 2.54. The van der Waals surface area contributed by atoms with Crippen LogP contribution in [0.2, 0.25) is 0 Å². The molecule has 1 aromatic carbocycles. The molecule has 0 atom stereocenters. The minimum atomic E-state index is -1.07. The highest BCUT2D eigenvalue weighted by Gasteiger charge is 2.17. The number of hydrogen-bond donors (Lipinski definition) is 2. The Kier molecular flexibility index (Phi) is 5.82. The summed E-state index contributed by atoms with van der Waals surface area (Å²) in [6.07, 6.45) is 1.49. The van der Waals surface area contributed by atoms with Crippen LogP contribution in [-0.4, -0.2) is 34.1 Å². The zero-order chi connectivity index (χ0) is 18.6. The molecule has 0 spiro atoms. The van der Waals surface area contributed by atoms with Crippen molar-refractivity contribution in [1.29, 1.82) is 0 Å². The van der Waals surface area contributed by atoms with Crippen LogP contribution in [0, 0.1) is 6.92 Å². The van der Waals surface area contributed by atoms with E-state index in [1.807, 2.05) is 13.8 Å². The second kappa shape index (κ2) is 7.85. The summed E-state index contributed by atoms with van der Waals surface area (Å²) in [7, 11) is 1.52. The van der Waals surface area contributed by atoms with Crippen LogP contribution in [0.1, 0.15) is 57.6 Å². The van der Waals surface area contributed by atoms with Crippen molar-refractivity contribution in [3.63, 3.8) is 0 Å². The summed E-state index contributed by atoms with van der Waals surface area (Å²) in [4.78, 5) is 32.3. The largest absolute Gasteiger partial charge is 0.478 e. The van der Waals surface area contributed by atoms with Crippen molar-refractivity contribution in [3.05, 3.63) is 52.6 Å². The molecule has 1 heterocycles. The summed E-state index contributed by atoms with van der Waals surface area (Å²) < 4.78 is 5.05. The lowest BCUT2D eigenvalue weighted by Gasteiger charge is -2.13. The smallest absolute Gasteiger partial charge is 0.335 e. The minimum Gasteiger partial charge on any atom is -0.478 e. The normalized spacial score (nSPS) is 10.8. The van der Waals surface area contributed by atoms with Gasteiger partial charge in [0, 0.05) is 19.0 Å². The van der Waals surface area contributed by atoms with E-state index in [1.165, 1.54) is 25.4 Å². The highest BCUT2D eigenvalue weighted by molar-refractivity contribution is 6.05. The molecule has 2 rings (SSSR count). The fourth-order valence-electron chi connectivity index (χ4n) is 2.44. The second-order valence-corrected chi connectivity index (χ2v) is 5.98. The molecule has 0 bridgehead atoms. The third-order valence-electron chi connectivity index (χ3n) is 3.54. The van der Waals surface area contributed by atoms with Crippen molar-refractivity contribution in [2.24, 2.45) is 0 Å². The van der Waals surface area contributed by atoms with E-state index >= 15 is 0 Å². The Hall–Kier alpha value is -2.80. The number of nitrogens with one attached hydrogen (secondary N) is 1. The van der Waals surface area contributed by atoms with E-state index in [-0.39, 0.29) is 24.0 Å². The molecule has 2 aromatic rings. The molecule has 0 radical (unpaired) electrons. The highest BCUT2D eigenvalue weighted by Crippen LogP contribution is 2.20. The molecule has 0 saturated heterocycles. The summed E-state index contributed by atoms with van der Waals surface area (Å²) in [6.45, 7) is 5.90. The van der Waals surface area contributed by atoms with E-state index < -0.39 is 5.97 Å². The fourth-order valence-corrected chi connectivity index (χ4v) is 2.44. The van der Waals surface area contributed by atoms with Crippen LogP contribution in [0.15, 0.2) is 24.4 Å². The number of aromatic nitrogens is 2. The summed E-state index contributed by atoms with van der Waals surface area (Å²) in [6, 6.07) is 4.59. The zero-order valence-electron chi connectivity index (χ0n) is 14.7. The summed E-state index contributed by atoms with van der Waals surface area (Å²) in [5, 5.41) is 12.0. The minimum absolute atomic E-state index is 0.0526. The van der Waals surface area contributed by atoms with Gasteiger partial charge in [0.15, 0.2) is 0 Å². The number of ether oxygens (including phenoxy) is 1. The Labute approximate surface area is 146 Å². The number of carbonyl (C=O) groups excluding carboxylic acids is 1. The van der Waals surface area contributed by atoms with Crippen molar-refractivity contribution in [3.8, 4) is 0 Å². The van der Waals surface area contributed by atoms with Gasteiger partial charge in [-0.15, -0.1) is 0 Å². The first-order valence-corrected chi connectivity index (χ1v) is 7.83. The maximum Gasteiger partial charge on any atom is 0.335 e. The van der Waals surface area contributed by atoms with E-state index in [0.717, 1.165) is 0 Å². The number of methoxy groups -OCH3 is 1. The standard InChI is InChI=1S/C18H21N3O4/c1-10(2)16-15(8-19-11(3)20-16)17(22)21-14-6-12(9-25-4)5-13(7-14)18(23)24/h5-8,10H,9H2,1-4H3,(H,21,22)(H,23,24). The fraction of sp³-hybridized carbons (Fsp3) is 0.333. The average molecular weight is 343 g/mol. The molecular formula is C18H21N3O4. The van der Waals surface area contributed by atoms with E-state index in [9.17, 15) is 14.7 Å². The number of hydrogen-bond acceptors (Lipinski definition) is 5. The Morgan fingerprint density at radius 1 is 1.28 bits per heavy atom. The van der Waals surface area contributed by atoms with Crippen LogP contribution < -0.4 is 5.32 Å². The monoisotopic (exact) mass is 343 g/mol. The molecule has 1 aromatic heterocycles. The Bertz CT molecular complexity index is 803. The molecule has 25 heavy (non-hydrogen) atoms. The van der Waals surface area contributed by atoms with Crippen LogP contribution in [0.4, 0.5) is 5.69 Å². The SMILES string of the molecule is COCc1cc(NC(=O)c2cnc(C)nc2C(C)C)cc(C(=O)O)c1. The number of carboxylic acid groups (broad SMARTS) is 1. The van der Waals surface area contributed by atoms with Gasteiger partial charge in [-0.25, -0.2) is 14.8 Å². The number of anilines is 1. The first-order valence-electron chi connectivity index (χ1n) is 7.83. The van der Waals surface area contributed by atoms with Gasteiger partial charge in [-0.3, -0.25) is 4.79 Å². The topological polar surface area (TPSA) is 101 Å². The van der Waals surface area contributed by atoms with Crippen molar-refractivity contribution in [1.82, 2.24) is 9.97 Å². The molecule has 1 amide bonds. The lowest BCUT2D eigenvalue weighted by Crippen LogP contribution is -2.17. The summed E-state index contributed by atoms with van der Waals surface area (Å²) in [5.41, 5.74) is 2.13. The van der Waals surface area contributed by atoms with Gasteiger partial charge in [-0.2, -0.15) is 0 Å². The lowest BCUT2D eigenvalue weighted by molar-refractivity contribution is 0.0696. The van der Waals surface area contributed by atoms with E-state index in [1.54, 1.807) is 13.0 Å². The molecule has 0 aliphatic rings. The Balaban J connectivity index is 2.36. The lowest BCUT2D eigenvalue weighted by atomic mass is 10.0. The molecule has 0 fully saturated rings. The van der Waals surface area contributed by atoms with Crippen molar-refractivity contribution < 1.29 is 19.4 Å². The number of aryl methyl sites for hydroxylation is 1.